The SMILES string of the molecule is C=CCc1cc(/C=C2/SC(=O)N(CC(=O)Nc3ccc(Cl)c(C(=O)OCC)c3)C2=O)cc(OCC)c1OCC. The Morgan fingerprint density at radius 1 is 1.08 bits per heavy atom. The van der Waals surface area contributed by atoms with Gasteiger partial charge in [-0.1, -0.05) is 17.7 Å². The molecule has 11 heteroatoms. The molecule has 1 aliphatic rings. The Labute approximate surface area is 236 Å². The van der Waals surface area contributed by atoms with Gasteiger partial charge in [0.15, 0.2) is 11.5 Å². The summed E-state index contributed by atoms with van der Waals surface area (Å²) in [6.45, 7) is 9.71. The van der Waals surface area contributed by atoms with E-state index in [1.807, 2.05) is 19.9 Å². The van der Waals surface area contributed by atoms with Crippen molar-refractivity contribution in [2.75, 3.05) is 31.7 Å². The molecule has 0 atom stereocenters. The minimum atomic E-state index is -0.632. The number of imide groups is 1. The molecule has 206 valence electrons. The number of rotatable bonds is 12. The number of thioether (sulfide) groups is 1. The molecular weight excluding hydrogens is 544 g/mol. The molecule has 39 heavy (non-hydrogen) atoms. The highest BCUT2D eigenvalue weighted by molar-refractivity contribution is 8.18. The van der Waals surface area contributed by atoms with Crippen LogP contribution in [0, 0.1) is 0 Å². The van der Waals surface area contributed by atoms with E-state index in [0.717, 1.165) is 22.2 Å². The van der Waals surface area contributed by atoms with Gasteiger partial charge in [-0.2, -0.15) is 0 Å². The predicted molar refractivity (Wildman–Crippen MR) is 151 cm³/mol. The number of allylic oxidation sites excluding steroid dienone is 1. The number of carbonyl (C=O) groups is 4. The number of halogens is 1. The monoisotopic (exact) mass is 572 g/mol. The average molecular weight is 573 g/mol. The molecule has 1 fully saturated rings. The zero-order valence-electron chi connectivity index (χ0n) is 21.9. The van der Waals surface area contributed by atoms with Gasteiger partial charge in [-0.15, -0.1) is 6.58 Å². The van der Waals surface area contributed by atoms with Crippen LogP contribution in [-0.4, -0.2) is 54.3 Å². The Hall–Kier alpha value is -3.76. The average Bonchev–Trinajstić information content (AvgIpc) is 3.14. The first-order valence-electron chi connectivity index (χ1n) is 12.3. The Morgan fingerprint density at radius 2 is 1.82 bits per heavy atom. The van der Waals surface area contributed by atoms with Crippen molar-refractivity contribution < 1.29 is 33.4 Å². The zero-order valence-corrected chi connectivity index (χ0v) is 23.4. The number of nitrogens with zero attached hydrogens (tertiary/aromatic N) is 1. The van der Waals surface area contributed by atoms with Gasteiger partial charge in [-0.05, 0) is 80.9 Å². The highest BCUT2D eigenvalue weighted by Crippen LogP contribution is 2.37. The fourth-order valence-electron chi connectivity index (χ4n) is 3.75. The second kappa shape index (κ2) is 13.9. The van der Waals surface area contributed by atoms with Crippen LogP contribution in [0.15, 0.2) is 47.9 Å². The summed E-state index contributed by atoms with van der Waals surface area (Å²) < 4.78 is 16.5. The van der Waals surface area contributed by atoms with Crippen LogP contribution >= 0.6 is 23.4 Å². The maximum atomic E-state index is 13.0. The third kappa shape index (κ3) is 7.42. The summed E-state index contributed by atoms with van der Waals surface area (Å²) in [5.74, 6) is -0.722. The van der Waals surface area contributed by atoms with E-state index >= 15 is 0 Å². The van der Waals surface area contributed by atoms with Crippen molar-refractivity contribution in [3.05, 3.63) is 69.6 Å². The fourth-order valence-corrected chi connectivity index (χ4v) is 4.78. The van der Waals surface area contributed by atoms with E-state index in [0.29, 0.717) is 36.7 Å². The minimum Gasteiger partial charge on any atom is -0.490 e. The number of amides is 3. The maximum absolute atomic E-state index is 13.0. The summed E-state index contributed by atoms with van der Waals surface area (Å²) in [5, 5.41) is 2.17. The van der Waals surface area contributed by atoms with Gasteiger partial charge in [0.2, 0.25) is 5.91 Å². The highest BCUT2D eigenvalue weighted by Gasteiger charge is 2.36. The number of hydrogen-bond donors (Lipinski definition) is 1. The van der Waals surface area contributed by atoms with E-state index in [9.17, 15) is 19.2 Å². The molecular formula is C28H29ClN2O7S. The van der Waals surface area contributed by atoms with E-state index in [4.69, 9.17) is 25.8 Å². The van der Waals surface area contributed by atoms with E-state index in [-0.39, 0.29) is 27.8 Å². The Morgan fingerprint density at radius 3 is 2.49 bits per heavy atom. The van der Waals surface area contributed by atoms with Crippen LogP contribution in [0.1, 0.15) is 42.3 Å². The zero-order chi connectivity index (χ0) is 28.5. The van der Waals surface area contributed by atoms with Crippen LogP contribution < -0.4 is 14.8 Å². The van der Waals surface area contributed by atoms with Gasteiger partial charge in [0.25, 0.3) is 11.1 Å². The molecule has 0 unspecified atom stereocenters. The van der Waals surface area contributed by atoms with Crippen molar-refractivity contribution in [3.8, 4) is 11.5 Å². The van der Waals surface area contributed by atoms with Gasteiger partial charge in [0.05, 0.1) is 35.3 Å². The Bertz CT molecular complexity index is 1330. The van der Waals surface area contributed by atoms with Crippen LogP contribution in [0.3, 0.4) is 0 Å². The summed E-state index contributed by atoms with van der Waals surface area (Å²) >= 11 is 6.80. The lowest BCUT2D eigenvalue weighted by Gasteiger charge is -2.16. The number of benzene rings is 2. The molecule has 2 aromatic carbocycles. The number of nitrogens with one attached hydrogen (secondary N) is 1. The molecule has 0 aliphatic carbocycles. The first kappa shape index (κ1) is 29.8. The molecule has 0 saturated carbocycles. The molecule has 9 nitrogen and oxygen atoms in total. The molecule has 3 amide bonds. The maximum Gasteiger partial charge on any atom is 0.339 e. The normalized spacial score (nSPS) is 13.9. The molecule has 2 aromatic rings. The van der Waals surface area contributed by atoms with Crippen molar-refractivity contribution in [1.29, 1.82) is 0 Å². The van der Waals surface area contributed by atoms with Crippen molar-refractivity contribution in [3.63, 3.8) is 0 Å². The lowest BCUT2D eigenvalue weighted by atomic mass is 10.0. The summed E-state index contributed by atoms with van der Waals surface area (Å²) in [6.07, 6.45) is 3.83. The predicted octanol–water partition coefficient (Wildman–Crippen LogP) is 5.72. The summed E-state index contributed by atoms with van der Waals surface area (Å²) in [4.78, 5) is 51.4. The topological polar surface area (TPSA) is 111 Å². The second-order valence-electron chi connectivity index (χ2n) is 8.10. The molecule has 0 aromatic heterocycles. The van der Waals surface area contributed by atoms with Crippen molar-refractivity contribution >= 4 is 58.1 Å². The van der Waals surface area contributed by atoms with Gasteiger partial charge in [0.1, 0.15) is 6.54 Å². The molecule has 1 N–H and O–H groups in total. The molecule has 1 saturated heterocycles. The summed E-state index contributed by atoms with van der Waals surface area (Å²) in [7, 11) is 0. The standard InChI is InChI=1S/C28H29ClN2O7S/c1-5-9-18-12-17(13-22(36-6-2)25(18)37-7-3)14-23-26(33)31(28(35)39-23)16-24(32)30-19-10-11-21(29)20(15-19)27(34)38-8-4/h5,10-15H,1,6-9,16H2,2-4H3,(H,30,32)/b23-14+. The number of esters is 1. The largest absolute Gasteiger partial charge is 0.490 e. The molecule has 1 heterocycles. The van der Waals surface area contributed by atoms with Gasteiger partial charge in [-0.25, -0.2) is 4.79 Å². The van der Waals surface area contributed by atoms with Crippen molar-refractivity contribution in [1.82, 2.24) is 4.90 Å². The first-order valence-corrected chi connectivity index (χ1v) is 13.5. The van der Waals surface area contributed by atoms with Gasteiger partial charge in [0, 0.05) is 11.3 Å². The Balaban J connectivity index is 1.79. The van der Waals surface area contributed by atoms with E-state index in [1.54, 1.807) is 25.1 Å². The van der Waals surface area contributed by atoms with Crippen LogP contribution in [0.5, 0.6) is 11.5 Å². The lowest BCUT2D eigenvalue weighted by molar-refractivity contribution is -0.127. The van der Waals surface area contributed by atoms with Gasteiger partial charge < -0.3 is 19.5 Å². The second-order valence-corrected chi connectivity index (χ2v) is 9.50. The molecule has 0 radical (unpaired) electrons. The summed E-state index contributed by atoms with van der Waals surface area (Å²) in [5.41, 5.74) is 1.82. The van der Waals surface area contributed by atoms with Crippen molar-refractivity contribution in [2.24, 2.45) is 0 Å². The number of carbonyl (C=O) groups excluding carboxylic acids is 4. The third-order valence-corrected chi connectivity index (χ3v) is 6.56. The molecule has 3 rings (SSSR count). The van der Waals surface area contributed by atoms with Crippen LogP contribution in [0.2, 0.25) is 5.02 Å². The number of hydrogen-bond acceptors (Lipinski definition) is 8. The summed E-state index contributed by atoms with van der Waals surface area (Å²) in [6, 6.07) is 7.90. The minimum absolute atomic E-state index is 0.0861. The number of ether oxygens (including phenoxy) is 3. The van der Waals surface area contributed by atoms with Crippen LogP contribution in [-0.2, 0) is 20.7 Å². The Kier molecular flexibility index (Phi) is 10.6. The highest BCUT2D eigenvalue weighted by atomic mass is 35.5. The molecule has 1 aliphatic heterocycles. The quantitative estimate of drug-likeness (QED) is 0.195. The van der Waals surface area contributed by atoms with Gasteiger partial charge in [-0.3, -0.25) is 19.3 Å². The van der Waals surface area contributed by atoms with E-state index in [1.165, 1.54) is 18.2 Å². The lowest BCUT2D eigenvalue weighted by Crippen LogP contribution is -2.36. The first-order chi connectivity index (χ1) is 18.7. The van der Waals surface area contributed by atoms with Crippen LogP contribution in [0.25, 0.3) is 6.08 Å². The third-order valence-electron chi connectivity index (χ3n) is 5.33. The molecule has 0 bridgehead atoms. The molecule has 0 spiro atoms. The number of anilines is 1. The van der Waals surface area contributed by atoms with Gasteiger partial charge >= 0.3 is 5.97 Å². The van der Waals surface area contributed by atoms with E-state index < -0.39 is 29.6 Å². The van der Waals surface area contributed by atoms with Crippen molar-refractivity contribution in [2.45, 2.75) is 27.2 Å². The smallest absolute Gasteiger partial charge is 0.339 e. The van der Waals surface area contributed by atoms with E-state index in [2.05, 4.69) is 11.9 Å². The van der Waals surface area contributed by atoms with Crippen LogP contribution in [0.4, 0.5) is 10.5 Å². The fraction of sp³-hybridized carbons (Fsp3) is 0.286.